The number of nitrogens with zero attached hydrogens (tertiary/aromatic N) is 1. The van der Waals surface area contributed by atoms with Crippen molar-refractivity contribution in [3.05, 3.63) is 53.2 Å². The van der Waals surface area contributed by atoms with E-state index < -0.39 is 11.7 Å². The molecule has 2 aromatic rings. The van der Waals surface area contributed by atoms with Crippen molar-refractivity contribution in [2.24, 2.45) is 0 Å². The molecule has 1 N–H and O–H groups in total. The van der Waals surface area contributed by atoms with Gasteiger partial charge in [-0.25, -0.2) is 4.98 Å². The third-order valence-electron chi connectivity index (χ3n) is 2.37. The summed E-state index contributed by atoms with van der Waals surface area (Å²) in [6.07, 6.45) is -2.85. The molecule has 0 saturated heterocycles. The summed E-state index contributed by atoms with van der Waals surface area (Å²) in [6.45, 7) is -0.282. The van der Waals surface area contributed by atoms with Crippen LogP contribution in [0.2, 0.25) is 0 Å². The molecule has 1 heterocycles. The molecule has 3 nitrogen and oxygen atoms in total. The van der Waals surface area contributed by atoms with Gasteiger partial charge < -0.3 is 9.52 Å². The van der Waals surface area contributed by atoms with Crippen molar-refractivity contribution in [3.63, 3.8) is 0 Å². The molecule has 0 aliphatic heterocycles. The number of hydrogen-bond acceptors (Lipinski definition) is 3. The quantitative estimate of drug-likeness (QED) is 0.919. The number of aliphatic hydroxyl groups is 1. The molecule has 0 spiro atoms. The monoisotopic (exact) mass is 257 g/mol. The van der Waals surface area contributed by atoms with E-state index in [2.05, 4.69) is 4.98 Å². The lowest BCUT2D eigenvalue weighted by Gasteiger charge is -2.07. The Bertz CT molecular complexity index is 534. The molecular formula is C12H10F3NO2. The van der Waals surface area contributed by atoms with Gasteiger partial charge in [-0.05, 0) is 11.6 Å². The predicted octanol–water partition coefficient (Wildman–Crippen LogP) is 2.78. The van der Waals surface area contributed by atoms with Gasteiger partial charge in [-0.2, -0.15) is 13.2 Å². The lowest BCUT2D eigenvalue weighted by Crippen LogP contribution is -2.05. The van der Waals surface area contributed by atoms with E-state index in [0.29, 0.717) is 5.56 Å². The highest BCUT2D eigenvalue weighted by molar-refractivity contribution is 5.27. The molecule has 0 atom stereocenters. The van der Waals surface area contributed by atoms with Crippen molar-refractivity contribution in [2.45, 2.75) is 19.2 Å². The molecule has 0 saturated carbocycles. The van der Waals surface area contributed by atoms with Crippen LogP contribution in [0, 0.1) is 0 Å². The van der Waals surface area contributed by atoms with Gasteiger partial charge in [0.15, 0.2) is 5.89 Å². The van der Waals surface area contributed by atoms with E-state index >= 15 is 0 Å². The van der Waals surface area contributed by atoms with Gasteiger partial charge in [0.25, 0.3) is 0 Å². The standard InChI is InChI=1S/C12H10F3NO2/c13-12(14,15)9-3-1-2-8(4-9)5-11-16-6-10(7-17)18-11/h1-4,6,17H,5,7H2. The van der Waals surface area contributed by atoms with Crippen molar-refractivity contribution in [1.82, 2.24) is 4.98 Å². The summed E-state index contributed by atoms with van der Waals surface area (Å²) < 4.78 is 42.6. The van der Waals surface area contributed by atoms with Crippen molar-refractivity contribution in [1.29, 1.82) is 0 Å². The minimum absolute atomic E-state index is 0.157. The zero-order valence-corrected chi connectivity index (χ0v) is 9.24. The Hall–Kier alpha value is -1.82. The summed E-state index contributed by atoms with van der Waals surface area (Å²) in [7, 11) is 0. The predicted molar refractivity (Wildman–Crippen MR) is 56.7 cm³/mol. The molecule has 0 amide bonds. The largest absolute Gasteiger partial charge is 0.443 e. The summed E-state index contributed by atoms with van der Waals surface area (Å²) in [4.78, 5) is 3.87. The average Bonchev–Trinajstić information content (AvgIpc) is 2.76. The van der Waals surface area contributed by atoms with Crippen LogP contribution in [0.25, 0.3) is 0 Å². The Labute approximate surface area is 101 Å². The lowest BCUT2D eigenvalue weighted by molar-refractivity contribution is -0.137. The van der Waals surface area contributed by atoms with Crippen LogP contribution in [-0.4, -0.2) is 10.1 Å². The fraction of sp³-hybridized carbons (Fsp3) is 0.250. The highest BCUT2D eigenvalue weighted by Gasteiger charge is 2.30. The van der Waals surface area contributed by atoms with Crippen molar-refractivity contribution >= 4 is 0 Å². The van der Waals surface area contributed by atoms with Crippen LogP contribution in [0.15, 0.2) is 34.9 Å². The number of oxazole rings is 1. The number of halogens is 3. The first-order chi connectivity index (χ1) is 8.49. The molecule has 2 rings (SSSR count). The highest BCUT2D eigenvalue weighted by Crippen LogP contribution is 2.29. The number of hydrogen-bond donors (Lipinski definition) is 1. The van der Waals surface area contributed by atoms with Crippen LogP contribution in [0.1, 0.15) is 22.8 Å². The van der Waals surface area contributed by atoms with E-state index in [1.807, 2.05) is 0 Å². The Morgan fingerprint density at radius 2 is 2.06 bits per heavy atom. The first-order valence-electron chi connectivity index (χ1n) is 5.19. The van der Waals surface area contributed by atoms with E-state index in [1.54, 1.807) is 6.07 Å². The minimum Gasteiger partial charge on any atom is -0.443 e. The normalized spacial score (nSPS) is 11.8. The molecule has 0 radical (unpaired) electrons. The van der Waals surface area contributed by atoms with Crippen molar-refractivity contribution in [2.75, 3.05) is 0 Å². The summed E-state index contributed by atoms with van der Waals surface area (Å²) in [5.41, 5.74) is -0.245. The molecular weight excluding hydrogens is 247 g/mol. The molecule has 0 aliphatic rings. The maximum absolute atomic E-state index is 12.5. The van der Waals surface area contributed by atoms with E-state index in [9.17, 15) is 13.2 Å². The molecule has 0 aliphatic carbocycles. The van der Waals surface area contributed by atoms with Gasteiger partial charge in [0, 0.05) is 6.42 Å². The summed E-state index contributed by atoms with van der Waals surface area (Å²) >= 11 is 0. The summed E-state index contributed by atoms with van der Waals surface area (Å²) in [6, 6.07) is 4.98. The SMILES string of the molecule is OCc1cnc(Cc2cccc(C(F)(F)F)c2)o1. The Balaban J connectivity index is 2.19. The van der Waals surface area contributed by atoms with Crippen LogP contribution in [0.3, 0.4) is 0 Å². The smallest absolute Gasteiger partial charge is 0.416 e. The van der Waals surface area contributed by atoms with Gasteiger partial charge in [0.1, 0.15) is 12.4 Å². The van der Waals surface area contributed by atoms with E-state index in [1.165, 1.54) is 12.3 Å². The molecule has 18 heavy (non-hydrogen) atoms. The topological polar surface area (TPSA) is 46.3 Å². The zero-order valence-electron chi connectivity index (χ0n) is 9.24. The van der Waals surface area contributed by atoms with Crippen molar-refractivity contribution in [3.8, 4) is 0 Å². The number of alkyl halides is 3. The molecule has 0 fully saturated rings. The fourth-order valence-electron chi connectivity index (χ4n) is 1.54. The van der Waals surface area contributed by atoms with Crippen LogP contribution in [0.4, 0.5) is 13.2 Å². The van der Waals surface area contributed by atoms with Gasteiger partial charge in [-0.1, -0.05) is 18.2 Å². The van der Waals surface area contributed by atoms with E-state index in [4.69, 9.17) is 9.52 Å². The van der Waals surface area contributed by atoms with Gasteiger partial charge in [0.2, 0.25) is 0 Å². The molecule has 0 bridgehead atoms. The van der Waals surface area contributed by atoms with Gasteiger partial charge in [-0.15, -0.1) is 0 Å². The summed E-state index contributed by atoms with van der Waals surface area (Å²) in [5.74, 6) is 0.565. The third kappa shape index (κ3) is 2.89. The Morgan fingerprint density at radius 1 is 1.28 bits per heavy atom. The van der Waals surface area contributed by atoms with Crippen LogP contribution < -0.4 is 0 Å². The highest BCUT2D eigenvalue weighted by atomic mass is 19.4. The lowest BCUT2D eigenvalue weighted by atomic mass is 10.1. The average molecular weight is 257 g/mol. The van der Waals surface area contributed by atoms with Gasteiger partial charge in [0.05, 0.1) is 11.8 Å². The molecule has 1 aromatic carbocycles. The molecule has 1 aromatic heterocycles. The van der Waals surface area contributed by atoms with Gasteiger partial charge >= 0.3 is 6.18 Å². The van der Waals surface area contributed by atoms with Crippen LogP contribution in [-0.2, 0) is 19.2 Å². The third-order valence-corrected chi connectivity index (χ3v) is 2.37. The van der Waals surface area contributed by atoms with Crippen molar-refractivity contribution < 1.29 is 22.7 Å². The number of rotatable bonds is 3. The number of benzene rings is 1. The van der Waals surface area contributed by atoms with E-state index in [0.717, 1.165) is 12.1 Å². The van der Waals surface area contributed by atoms with E-state index in [-0.39, 0.29) is 24.7 Å². The number of aliphatic hydroxyl groups excluding tert-OH is 1. The first-order valence-corrected chi connectivity index (χ1v) is 5.19. The van der Waals surface area contributed by atoms with Crippen LogP contribution in [0.5, 0.6) is 0 Å². The summed E-state index contributed by atoms with van der Waals surface area (Å²) in [5, 5.41) is 8.79. The first kappa shape index (κ1) is 12.6. The second-order valence-corrected chi connectivity index (χ2v) is 3.75. The molecule has 0 unspecified atom stereocenters. The Kier molecular flexibility index (Phi) is 3.38. The Morgan fingerprint density at radius 3 is 2.67 bits per heavy atom. The second kappa shape index (κ2) is 4.81. The molecule has 96 valence electrons. The minimum atomic E-state index is -4.36. The van der Waals surface area contributed by atoms with Gasteiger partial charge in [-0.3, -0.25) is 0 Å². The van der Waals surface area contributed by atoms with Crippen LogP contribution >= 0.6 is 0 Å². The fourth-order valence-corrected chi connectivity index (χ4v) is 1.54. The molecule has 6 heteroatoms. The zero-order chi connectivity index (χ0) is 13.2. The number of aromatic nitrogens is 1. The maximum atomic E-state index is 12.5. The maximum Gasteiger partial charge on any atom is 0.416 e. The second-order valence-electron chi connectivity index (χ2n) is 3.75.